The minimum Gasteiger partial charge on any atom is -0.351 e. The number of thioether (sulfide) groups is 1. The average Bonchev–Trinajstić information content (AvgIpc) is 2.63. The summed E-state index contributed by atoms with van der Waals surface area (Å²) in [4.78, 5) is 12.2. The minimum absolute atomic E-state index is 0.148. The number of benzene rings is 2. The molecule has 0 aliphatic rings. The lowest BCUT2D eigenvalue weighted by molar-refractivity contribution is 0.0956. The predicted molar refractivity (Wildman–Crippen MR) is 107 cm³/mol. The highest BCUT2D eigenvalue weighted by Crippen LogP contribution is 2.15. The Morgan fingerprint density at radius 1 is 1.08 bits per heavy atom. The van der Waals surface area contributed by atoms with Crippen molar-refractivity contribution in [1.29, 1.82) is 0 Å². The van der Waals surface area contributed by atoms with Gasteiger partial charge >= 0.3 is 0 Å². The SMILES string of the molecule is CCNS(=O)(=O)c1ccc(C(=O)NCCSCc2ccc(Cl)cc2)cc1. The van der Waals surface area contributed by atoms with E-state index in [1.807, 2.05) is 24.3 Å². The molecular formula is C18H21ClN2O3S2. The van der Waals surface area contributed by atoms with Crippen molar-refractivity contribution in [1.82, 2.24) is 10.0 Å². The van der Waals surface area contributed by atoms with E-state index in [2.05, 4.69) is 10.0 Å². The Balaban J connectivity index is 1.76. The summed E-state index contributed by atoms with van der Waals surface area (Å²) in [5.41, 5.74) is 1.62. The fraction of sp³-hybridized carbons (Fsp3) is 0.278. The van der Waals surface area contributed by atoms with Crippen LogP contribution in [-0.2, 0) is 15.8 Å². The lowest BCUT2D eigenvalue weighted by Gasteiger charge is -2.07. The van der Waals surface area contributed by atoms with Gasteiger partial charge in [0.25, 0.3) is 5.91 Å². The van der Waals surface area contributed by atoms with Crippen molar-refractivity contribution in [3.8, 4) is 0 Å². The quantitative estimate of drug-likeness (QED) is 0.619. The molecule has 1 amide bonds. The number of rotatable bonds is 9. The monoisotopic (exact) mass is 412 g/mol. The zero-order valence-corrected chi connectivity index (χ0v) is 16.8. The molecule has 0 unspecified atom stereocenters. The molecule has 0 bridgehead atoms. The van der Waals surface area contributed by atoms with Gasteiger partial charge in [-0.1, -0.05) is 30.7 Å². The molecule has 0 spiro atoms. The second kappa shape index (κ2) is 9.97. The first-order chi connectivity index (χ1) is 12.4. The van der Waals surface area contributed by atoms with E-state index in [0.717, 1.165) is 16.5 Å². The maximum Gasteiger partial charge on any atom is 0.251 e. The Morgan fingerprint density at radius 2 is 1.73 bits per heavy atom. The van der Waals surface area contributed by atoms with Crippen LogP contribution in [0.15, 0.2) is 53.4 Å². The molecule has 2 rings (SSSR count). The summed E-state index contributed by atoms with van der Waals surface area (Å²) >= 11 is 7.56. The van der Waals surface area contributed by atoms with Gasteiger partial charge in [-0.2, -0.15) is 11.8 Å². The average molecular weight is 413 g/mol. The van der Waals surface area contributed by atoms with E-state index in [4.69, 9.17) is 11.6 Å². The van der Waals surface area contributed by atoms with Crippen molar-refractivity contribution in [2.45, 2.75) is 17.6 Å². The van der Waals surface area contributed by atoms with E-state index >= 15 is 0 Å². The van der Waals surface area contributed by atoms with Crippen molar-refractivity contribution in [2.75, 3.05) is 18.8 Å². The predicted octanol–water partition coefficient (Wildman–Crippen LogP) is 3.30. The highest BCUT2D eigenvalue weighted by atomic mass is 35.5. The van der Waals surface area contributed by atoms with Crippen LogP contribution in [0.2, 0.25) is 5.02 Å². The standard InChI is InChI=1S/C18H21ClN2O3S2/c1-2-21-26(23,24)17-9-5-15(6-10-17)18(22)20-11-12-25-13-14-3-7-16(19)8-4-14/h3-10,21H,2,11-13H2,1H3,(H,20,22). The van der Waals surface area contributed by atoms with Gasteiger partial charge in [0.05, 0.1) is 4.90 Å². The normalized spacial score (nSPS) is 11.3. The molecule has 0 aliphatic heterocycles. The highest BCUT2D eigenvalue weighted by molar-refractivity contribution is 7.98. The molecule has 8 heteroatoms. The number of halogens is 1. The van der Waals surface area contributed by atoms with Crippen LogP contribution in [0.3, 0.4) is 0 Å². The van der Waals surface area contributed by atoms with Crippen molar-refractivity contribution in [3.63, 3.8) is 0 Å². The topological polar surface area (TPSA) is 75.3 Å². The number of carbonyl (C=O) groups is 1. The van der Waals surface area contributed by atoms with Crippen LogP contribution < -0.4 is 10.0 Å². The zero-order chi connectivity index (χ0) is 19.0. The molecule has 0 saturated heterocycles. The highest BCUT2D eigenvalue weighted by Gasteiger charge is 2.13. The van der Waals surface area contributed by atoms with Crippen LogP contribution in [-0.4, -0.2) is 33.2 Å². The third-order valence-electron chi connectivity index (χ3n) is 3.48. The molecule has 0 atom stereocenters. The number of sulfonamides is 1. The molecule has 5 nitrogen and oxygen atoms in total. The Hall–Kier alpha value is -1.54. The van der Waals surface area contributed by atoms with Gasteiger partial charge in [0.15, 0.2) is 0 Å². The molecule has 2 N–H and O–H groups in total. The molecule has 0 aliphatic carbocycles. The van der Waals surface area contributed by atoms with Gasteiger partial charge in [-0.15, -0.1) is 0 Å². The number of amides is 1. The minimum atomic E-state index is -3.50. The van der Waals surface area contributed by atoms with Crippen LogP contribution in [0.5, 0.6) is 0 Å². The van der Waals surface area contributed by atoms with Crippen molar-refractivity contribution in [2.24, 2.45) is 0 Å². The first-order valence-electron chi connectivity index (χ1n) is 8.12. The van der Waals surface area contributed by atoms with Crippen LogP contribution in [0.25, 0.3) is 0 Å². The van der Waals surface area contributed by atoms with Gasteiger partial charge in [0.1, 0.15) is 0 Å². The molecular weight excluding hydrogens is 392 g/mol. The summed E-state index contributed by atoms with van der Waals surface area (Å²) in [7, 11) is -3.50. The Labute approximate surface area is 163 Å². The molecule has 2 aromatic rings. The second-order valence-electron chi connectivity index (χ2n) is 5.46. The second-order valence-corrected chi connectivity index (χ2v) is 8.77. The third-order valence-corrected chi connectivity index (χ3v) is 6.32. The summed E-state index contributed by atoms with van der Waals surface area (Å²) in [5, 5.41) is 3.55. The van der Waals surface area contributed by atoms with Crippen molar-refractivity contribution >= 4 is 39.3 Å². The van der Waals surface area contributed by atoms with Gasteiger partial charge in [0.2, 0.25) is 10.0 Å². The van der Waals surface area contributed by atoms with E-state index in [9.17, 15) is 13.2 Å². The first-order valence-corrected chi connectivity index (χ1v) is 11.1. The molecule has 0 heterocycles. The lowest BCUT2D eigenvalue weighted by Crippen LogP contribution is -2.26. The van der Waals surface area contributed by atoms with Crippen LogP contribution in [0, 0.1) is 0 Å². The zero-order valence-electron chi connectivity index (χ0n) is 14.4. The van der Waals surface area contributed by atoms with E-state index in [0.29, 0.717) is 18.7 Å². The molecule has 0 fully saturated rings. The largest absolute Gasteiger partial charge is 0.351 e. The Morgan fingerprint density at radius 3 is 2.35 bits per heavy atom. The van der Waals surface area contributed by atoms with Gasteiger partial charge in [0, 0.05) is 35.2 Å². The third kappa shape index (κ3) is 6.32. The number of carbonyl (C=O) groups excluding carboxylic acids is 1. The van der Waals surface area contributed by atoms with Crippen LogP contribution >= 0.6 is 23.4 Å². The van der Waals surface area contributed by atoms with Gasteiger partial charge in [-0.25, -0.2) is 13.1 Å². The van der Waals surface area contributed by atoms with E-state index in [1.165, 1.54) is 29.8 Å². The summed E-state index contributed by atoms with van der Waals surface area (Å²) in [5.74, 6) is 1.41. The smallest absolute Gasteiger partial charge is 0.251 e. The Kier molecular flexibility index (Phi) is 7.96. The molecule has 2 aromatic carbocycles. The molecule has 140 valence electrons. The summed E-state index contributed by atoms with van der Waals surface area (Å²) in [6.45, 7) is 2.57. The number of hydrogen-bond donors (Lipinski definition) is 2. The summed E-state index contributed by atoms with van der Waals surface area (Å²) in [6, 6.07) is 13.6. The summed E-state index contributed by atoms with van der Waals surface area (Å²) < 4.78 is 26.2. The number of hydrogen-bond acceptors (Lipinski definition) is 4. The fourth-order valence-electron chi connectivity index (χ4n) is 2.17. The van der Waals surface area contributed by atoms with Crippen LogP contribution in [0.1, 0.15) is 22.8 Å². The van der Waals surface area contributed by atoms with E-state index in [1.54, 1.807) is 18.7 Å². The fourth-order valence-corrected chi connectivity index (χ4v) is 4.15. The molecule has 0 saturated carbocycles. The first kappa shape index (κ1) is 20.8. The molecule has 26 heavy (non-hydrogen) atoms. The Bertz CT molecular complexity index is 823. The van der Waals surface area contributed by atoms with E-state index < -0.39 is 10.0 Å². The van der Waals surface area contributed by atoms with E-state index in [-0.39, 0.29) is 10.8 Å². The van der Waals surface area contributed by atoms with Gasteiger partial charge in [-0.3, -0.25) is 4.79 Å². The maximum absolute atomic E-state index is 12.1. The van der Waals surface area contributed by atoms with Crippen molar-refractivity contribution < 1.29 is 13.2 Å². The maximum atomic E-state index is 12.1. The van der Waals surface area contributed by atoms with Crippen LogP contribution in [0.4, 0.5) is 0 Å². The number of nitrogens with one attached hydrogen (secondary N) is 2. The van der Waals surface area contributed by atoms with Gasteiger partial charge in [-0.05, 0) is 42.0 Å². The lowest BCUT2D eigenvalue weighted by atomic mass is 10.2. The van der Waals surface area contributed by atoms with Gasteiger partial charge < -0.3 is 5.32 Å². The molecule has 0 aromatic heterocycles. The molecule has 0 radical (unpaired) electrons. The van der Waals surface area contributed by atoms with Crippen molar-refractivity contribution in [3.05, 3.63) is 64.7 Å². The summed E-state index contributed by atoms with van der Waals surface area (Å²) in [6.07, 6.45) is 0.